The van der Waals surface area contributed by atoms with Crippen LogP contribution in [0.25, 0.3) is 10.2 Å². The minimum atomic E-state index is -3.88. The van der Waals surface area contributed by atoms with Crippen molar-refractivity contribution in [3.05, 3.63) is 47.5 Å². The Balaban J connectivity index is 1.39. The van der Waals surface area contributed by atoms with E-state index in [9.17, 15) is 18.0 Å². The number of thiazole rings is 1. The average molecular weight is 499 g/mol. The predicted molar refractivity (Wildman–Crippen MR) is 133 cm³/mol. The fraction of sp³-hybridized carbons (Fsp3) is 0.375. The van der Waals surface area contributed by atoms with E-state index in [-0.39, 0.29) is 29.3 Å². The summed E-state index contributed by atoms with van der Waals surface area (Å²) in [5.74, 6) is -0.433. The van der Waals surface area contributed by atoms with Crippen LogP contribution in [0.2, 0.25) is 0 Å². The molecule has 1 fully saturated rings. The molecule has 2 aliphatic heterocycles. The molecule has 10 heteroatoms. The number of anilines is 2. The summed E-state index contributed by atoms with van der Waals surface area (Å²) in [4.78, 5) is 31.4. The van der Waals surface area contributed by atoms with Gasteiger partial charge < -0.3 is 10.2 Å². The van der Waals surface area contributed by atoms with Crippen molar-refractivity contribution >= 4 is 54.2 Å². The lowest BCUT2D eigenvalue weighted by molar-refractivity contribution is -0.119. The SMILES string of the molecule is CC(=O)N1c2ccc(S(=O)(=O)N3CCC[C@H]3C(=O)Nc3nc4ccc(C)cc4s3)cc2C[C@H]1C. The first-order chi connectivity index (χ1) is 16.1. The summed E-state index contributed by atoms with van der Waals surface area (Å²) in [5.41, 5.74) is 3.49. The van der Waals surface area contributed by atoms with E-state index in [1.54, 1.807) is 17.0 Å². The van der Waals surface area contributed by atoms with E-state index >= 15 is 0 Å². The molecule has 0 spiro atoms. The number of carbonyl (C=O) groups is 2. The maximum absolute atomic E-state index is 13.5. The summed E-state index contributed by atoms with van der Waals surface area (Å²) in [6.45, 7) is 5.73. The van der Waals surface area contributed by atoms with Crippen LogP contribution in [0.3, 0.4) is 0 Å². The van der Waals surface area contributed by atoms with Gasteiger partial charge in [0.1, 0.15) is 6.04 Å². The fourth-order valence-corrected chi connectivity index (χ4v) is 7.62. The Labute approximate surface area is 202 Å². The van der Waals surface area contributed by atoms with E-state index in [1.807, 2.05) is 32.0 Å². The molecule has 2 amide bonds. The molecule has 1 N–H and O–H groups in total. The van der Waals surface area contributed by atoms with E-state index in [1.165, 1.54) is 28.6 Å². The van der Waals surface area contributed by atoms with Crippen LogP contribution in [-0.2, 0) is 26.0 Å². The van der Waals surface area contributed by atoms with Gasteiger partial charge in [-0.25, -0.2) is 13.4 Å². The Hall–Kier alpha value is -2.82. The zero-order chi connectivity index (χ0) is 24.2. The highest BCUT2D eigenvalue weighted by atomic mass is 32.2. The molecule has 0 unspecified atom stereocenters. The summed E-state index contributed by atoms with van der Waals surface area (Å²) in [6, 6.07) is 9.95. The molecule has 2 atom stereocenters. The third-order valence-electron chi connectivity index (χ3n) is 6.49. The van der Waals surface area contributed by atoms with Crippen molar-refractivity contribution < 1.29 is 18.0 Å². The molecular weight excluding hydrogens is 472 g/mol. The first-order valence-corrected chi connectivity index (χ1v) is 13.5. The average Bonchev–Trinajstić information content (AvgIpc) is 3.48. The minimum absolute atomic E-state index is 0.0200. The van der Waals surface area contributed by atoms with Gasteiger partial charge in [0, 0.05) is 25.2 Å². The lowest BCUT2D eigenvalue weighted by atomic mass is 10.1. The zero-order valence-electron chi connectivity index (χ0n) is 19.2. The molecule has 2 aromatic carbocycles. The number of sulfonamides is 1. The zero-order valence-corrected chi connectivity index (χ0v) is 20.9. The molecule has 3 aromatic rings. The Morgan fingerprint density at radius 3 is 2.74 bits per heavy atom. The lowest BCUT2D eigenvalue weighted by Gasteiger charge is -2.24. The molecule has 5 rings (SSSR count). The van der Waals surface area contributed by atoms with Gasteiger partial charge in [0.2, 0.25) is 21.8 Å². The normalized spacial score (nSPS) is 20.6. The largest absolute Gasteiger partial charge is 0.309 e. The molecule has 2 aliphatic rings. The van der Waals surface area contributed by atoms with Crippen LogP contribution in [0.5, 0.6) is 0 Å². The Morgan fingerprint density at radius 1 is 1.18 bits per heavy atom. The van der Waals surface area contributed by atoms with Gasteiger partial charge in [0.25, 0.3) is 0 Å². The van der Waals surface area contributed by atoms with E-state index in [4.69, 9.17) is 0 Å². The van der Waals surface area contributed by atoms with Crippen molar-refractivity contribution in [2.75, 3.05) is 16.8 Å². The van der Waals surface area contributed by atoms with Gasteiger partial charge in [-0.15, -0.1) is 0 Å². The first-order valence-electron chi connectivity index (χ1n) is 11.3. The topological polar surface area (TPSA) is 99.7 Å². The highest BCUT2D eigenvalue weighted by Crippen LogP contribution is 2.36. The number of hydrogen-bond donors (Lipinski definition) is 1. The van der Waals surface area contributed by atoms with E-state index < -0.39 is 16.1 Å². The molecule has 0 radical (unpaired) electrons. The number of rotatable bonds is 4. The van der Waals surface area contributed by atoms with E-state index in [2.05, 4.69) is 10.3 Å². The Kier molecular flexibility index (Phi) is 5.70. The number of aryl methyl sites for hydroxylation is 1. The smallest absolute Gasteiger partial charge is 0.244 e. The number of nitrogens with one attached hydrogen (secondary N) is 1. The van der Waals surface area contributed by atoms with Crippen LogP contribution < -0.4 is 10.2 Å². The van der Waals surface area contributed by atoms with Crippen LogP contribution in [-0.4, -0.2) is 48.1 Å². The summed E-state index contributed by atoms with van der Waals surface area (Å²) in [5, 5.41) is 3.29. The molecule has 1 aromatic heterocycles. The van der Waals surface area contributed by atoms with Gasteiger partial charge in [-0.1, -0.05) is 17.4 Å². The maximum Gasteiger partial charge on any atom is 0.244 e. The number of amides is 2. The predicted octanol–water partition coefficient (Wildman–Crippen LogP) is 3.69. The summed E-state index contributed by atoms with van der Waals surface area (Å²) < 4.78 is 29.3. The third kappa shape index (κ3) is 3.89. The van der Waals surface area contributed by atoms with Crippen LogP contribution in [0, 0.1) is 6.92 Å². The lowest BCUT2D eigenvalue weighted by Crippen LogP contribution is -2.43. The van der Waals surface area contributed by atoms with Crippen molar-refractivity contribution in [2.45, 2.75) is 57.0 Å². The van der Waals surface area contributed by atoms with Crippen LogP contribution in [0.15, 0.2) is 41.3 Å². The van der Waals surface area contributed by atoms with Crippen LogP contribution in [0.4, 0.5) is 10.8 Å². The second kappa shape index (κ2) is 8.44. The number of hydrogen-bond acceptors (Lipinski definition) is 6. The number of fused-ring (bicyclic) bond motifs is 2. The Bertz CT molecular complexity index is 1420. The quantitative estimate of drug-likeness (QED) is 0.591. The second-order valence-corrected chi connectivity index (χ2v) is 11.9. The summed E-state index contributed by atoms with van der Waals surface area (Å²) in [6.07, 6.45) is 1.66. The van der Waals surface area contributed by atoms with Crippen molar-refractivity contribution in [3.8, 4) is 0 Å². The van der Waals surface area contributed by atoms with Gasteiger partial charge in [-0.2, -0.15) is 4.31 Å². The third-order valence-corrected chi connectivity index (χ3v) is 9.33. The molecule has 178 valence electrons. The van der Waals surface area contributed by atoms with Crippen molar-refractivity contribution in [2.24, 2.45) is 0 Å². The van der Waals surface area contributed by atoms with Gasteiger partial charge in [-0.3, -0.25) is 9.59 Å². The number of carbonyl (C=O) groups excluding carboxylic acids is 2. The molecule has 0 bridgehead atoms. The number of nitrogens with zero attached hydrogens (tertiary/aromatic N) is 3. The molecule has 0 saturated carbocycles. The monoisotopic (exact) mass is 498 g/mol. The van der Waals surface area contributed by atoms with Crippen molar-refractivity contribution in [1.29, 1.82) is 0 Å². The maximum atomic E-state index is 13.5. The molecular formula is C24H26N4O4S2. The second-order valence-electron chi connectivity index (χ2n) is 8.99. The van der Waals surface area contributed by atoms with Gasteiger partial charge in [0.05, 0.1) is 15.1 Å². The van der Waals surface area contributed by atoms with Gasteiger partial charge >= 0.3 is 0 Å². The first kappa shape index (κ1) is 22.9. The summed E-state index contributed by atoms with van der Waals surface area (Å²) >= 11 is 1.38. The van der Waals surface area contributed by atoms with Crippen molar-refractivity contribution in [1.82, 2.24) is 9.29 Å². The highest BCUT2D eigenvalue weighted by Gasteiger charge is 2.40. The number of aromatic nitrogens is 1. The molecule has 1 saturated heterocycles. The standard InChI is InChI=1S/C24H26N4O4S2/c1-14-6-8-19-22(11-14)33-24(25-19)26-23(30)21-5-4-10-27(21)34(31,32)18-7-9-20-17(13-18)12-15(2)28(20)16(3)29/h6-9,11,13,15,21H,4-5,10,12H2,1-3H3,(H,25,26,30)/t15-,21+/m1/s1. The summed E-state index contributed by atoms with van der Waals surface area (Å²) in [7, 11) is -3.88. The molecule has 0 aliphatic carbocycles. The van der Waals surface area contributed by atoms with Crippen LogP contribution in [0.1, 0.15) is 37.8 Å². The fourth-order valence-electron chi connectivity index (χ4n) is 4.95. The minimum Gasteiger partial charge on any atom is -0.309 e. The highest BCUT2D eigenvalue weighted by molar-refractivity contribution is 7.89. The van der Waals surface area contributed by atoms with E-state index in [0.29, 0.717) is 24.4 Å². The van der Waals surface area contributed by atoms with E-state index in [0.717, 1.165) is 27.0 Å². The van der Waals surface area contributed by atoms with Gasteiger partial charge in [-0.05, 0) is 74.6 Å². The van der Waals surface area contributed by atoms with Crippen molar-refractivity contribution in [3.63, 3.8) is 0 Å². The molecule has 8 nitrogen and oxygen atoms in total. The van der Waals surface area contributed by atoms with Crippen LogP contribution >= 0.6 is 11.3 Å². The Morgan fingerprint density at radius 2 is 1.97 bits per heavy atom. The van der Waals surface area contributed by atoms with Gasteiger partial charge in [0.15, 0.2) is 5.13 Å². The molecule has 34 heavy (non-hydrogen) atoms. The number of benzene rings is 2. The molecule has 3 heterocycles.